The molecule has 0 bridgehead atoms. The van der Waals surface area contributed by atoms with Gasteiger partial charge in [0.2, 0.25) is 5.91 Å². The van der Waals surface area contributed by atoms with Crippen molar-refractivity contribution in [3.63, 3.8) is 0 Å². The van der Waals surface area contributed by atoms with E-state index >= 15 is 0 Å². The van der Waals surface area contributed by atoms with Crippen molar-refractivity contribution in [3.8, 4) is 6.07 Å². The average Bonchev–Trinajstić information content (AvgIpc) is 3.06. The van der Waals surface area contributed by atoms with Crippen molar-refractivity contribution >= 4 is 41.1 Å². The summed E-state index contributed by atoms with van der Waals surface area (Å²) in [7, 11) is 0. The van der Waals surface area contributed by atoms with Crippen LogP contribution in [-0.2, 0) is 20.9 Å². The molecule has 0 aliphatic carbocycles. The maximum Gasteiger partial charge on any atom is 0.338 e. The minimum absolute atomic E-state index is 0.0152. The molecule has 31 heavy (non-hydrogen) atoms. The largest absolute Gasteiger partial charge is 0.449 e. The monoisotopic (exact) mass is 440 g/mol. The summed E-state index contributed by atoms with van der Waals surface area (Å²) in [6, 6.07) is 12.1. The van der Waals surface area contributed by atoms with Gasteiger partial charge in [0.25, 0.3) is 5.91 Å². The highest BCUT2D eigenvalue weighted by Gasteiger charge is 2.28. The number of benzene rings is 2. The van der Waals surface area contributed by atoms with Gasteiger partial charge in [-0.3, -0.25) is 14.5 Å². The summed E-state index contributed by atoms with van der Waals surface area (Å²) in [5.74, 6) is -1.67. The minimum atomic E-state index is -1.11. The normalized spacial score (nSPS) is 13.9. The molecule has 1 atom stereocenters. The van der Waals surface area contributed by atoms with E-state index in [1.165, 1.54) is 37.3 Å². The van der Waals surface area contributed by atoms with Crippen molar-refractivity contribution in [3.05, 3.63) is 64.2 Å². The Morgan fingerprint density at radius 2 is 2.06 bits per heavy atom. The molecule has 1 aliphatic heterocycles. The van der Waals surface area contributed by atoms with Crippen LogP contribution in [0.5, 0.6) is 0 Å². The van der Waals surface area contributed by atoms with Gasteiger partial charge >= 0.3 is 12.0 Å². The summed E-state index contributed by atoms with van der Waals surface area (Å²) < 4.78 is 5.22. The quantitative estimate of drug-likeness (QED) is 0.524. The number of hydrogen-bond acceptors (Lipinski definition) is 6. The number of rotatable bonds is 6. The smallest absolute Gasteiger partial charge is 0.338 e. The van der Waals surface area contributed by atoms with E-state index in [2.05, 4.69) is 10.6 Å². The lowest BCUT2D eigenvalue weighted by molar-refractivity contribution is -0.125. The third-order valence-electron chi connectivity index (χ3n) is 4.45. The zero-order chi connectivity index (χ0) is 22.5. The van der Waals surface area contributed by atoms with Crippen LogP contribution < -0.4 is 10.6 Å². The molecular formula is C21H17ClN4O5. The van der Waals surface area contributed by atoms with Gasteiger partial charge in [-0.25, -0.2) is 9.59 Å². The standard InChI is InChI=1S/C21H17ClN4O5/c1-12(19(28)25-16-6-5-15(9-23)17(22)8-16)31-20(29)14-4-2-3-13(7-14)11-26-18(27)10-24-21(26)30/h2-8,12H,10-11H2,1H3,(H,24,30)(H,25,28). The number of carbonyl (C=O) groups excluding carboxylic acids is 4. The number of esters is 1. The zero-order valence-corrected chi connectivity index (χ0v) is 17.1. The number of nitrogens with zero attached hydrogens (tertiary/aromatic N) is 2. The second kappa shape index (κ2) is 9.28. The number of urea groups is 1. The Kier molecular flexibility index (Phi) is 6.52. The van der Waals surface area contributed by atoms with Gasteiger partial charge in [0.15, 0.2) is 6.10 Å². The Morgan fingerprint density at radius 3 is 2.71 bits per heavy atom. The van der Waals surface area contributed by atoms with Crippen LogP contribution >= 0.6 is 11.6 Å². The van der Waals surface area contributed by atoms with E-state index in [-0.39, 0.29) is 35.1 Å². The topological polar surface area (TPSA) is 129 Å². The molecule has 2 N–H and O–H groups in total. The first-order valence-electron chi connectivity index (χ1n) is 9.17. The first-order valence-corrected chi connectivity index (χ1v) is 9.55. The highest BCUT2D eigenvalue weighted by Crippen LogP contribution is 2.20. The molecule has 0 saturated carbocycles. The summed E-state index contributed by atoms with van der Waals surface area (Å²) in [5.41, 5.74) is 1.36. The SMILES string of the molecule is CC(OC(=O)c1cccc(CN2C(=O)CNC2=O)c1)C(=O)Nc1ccc(C#N)c(Cl)c1. The van der Waals surface area contributed by atoms with Gasteiger partial charge in [0.1, 0.15) is 6.07 Å². The van der Waals surface area contributed by atoms with Gasteiger partial charge in [0, 0.05) is 5.69 Å². The molecule has 1 fully saturated rings. The lowest BCUT2D eigenvalue weighted by atomic mass is 10.1. The van der Waals surface area contributed by atoms with Crippen LogP contribution in [0.3, 0.4) is 0 Å². The van der Waals surface area contributed by atoms with Crippen LogP contribution in [0.25, 0.3) is 0 Å². The van der Waals surface area contributed by atoms with E-state index in [0.29, 0.717) is 11.3 Å². The van der Waals surface area contributed by atoms with Crippen molar-refractivity contribution in [1.29, 1.82) is 5.26 Å². The second-order valence-corrected chi connectivity index (χ2v) is 7.09. The van der Waals surface area contributed by atoms with Crippen LogP contribution in [0.1, 0.15) is 28.4 Å². The Labute approximate surface area is 182 Å². The van der Waals surface area contributed by atoms with Crippen LogP contribution in [0, 0.1) is 11.3 Å². The van der Waals surface area contributed by atoms with Gasteiger partial charge in [-0.05, 0) is 42.8 Å². The number of ether oxygens (including phenoxy) is 1. The fourth-order valence-electron chi connectivity index (χ4n) is 2.80. The highest BCUT2D eigenvalue weighted by atomic mass is 35.5. The van der Waals surface area contributed by atoms with E-state index in [1.807, 2.05) is 6.07 Å². The molecule has 0 aromatic heterocycles. The summed E-state index contributed by atoms with van der Waals surface area (Å²) in [6.07, 6.45) is -1.11. The molecule has 158 valence electrons. The van der Waals surface area contributed by atoms with Crippen molar-refractivity contribution < 1.29 is 23.9 Å². The maximum atomic E-state index is 12.4. The molecule has 1 saturated heterocycles. The van der Waals surface area contributed by atoms with E-state index in [9.17, 15) is 19.2 Å². The van der Waals surface area contributed by atoms with Gasteiger partial charge in [-0.1, -0.05) is 23.7 Å². The van der Waals surface area contributed by atoms with Crippen molar-refractivity contribution in [2.24, 2.45) is 0 Å². The number of imide groups is 1. The second-order valence-electron chi connectivity index (χ2n) is 6.68. The number of anilines is 1. The number of nitrogens with one attached hydrogen (secondary N) is 2. The maximum absolute atomic E-state index is 12.4. The van der Waals surface area contributed by atoms with Crippen molar-refractivity contribution in [2.75, 3.05) is 11.9 Å². The van der Waals surface area contributed by atoms with E-state index < -0.39 is 24.0 Å². The van der Waals surface area contributed by atoms with E-state index in [0.717, 1.165) is 4.90 Å². The van der Waals surface area contributed by atoms with E-state index in [4.69, 9.17) is 21.6 Å². The summed E-state index contributed by atoms with van der Waals surface area (Å²) >= 11 is 5.94. The molecule has 1 aliphatic rings. The van der Waals surface area contributed by atoms with Gasteiger partial charge in [-0.2, -0.15) is 5.26 Å². The van der Waals surface area contributed by atoms with Crippen molar-refractivity contribution in [1.82, 2.24) is 10.2 Å². The van der Waals surface area contributed by atoms with Crippen LogP contribution in [0.4, 0.5) is 10.5 Å². The van der Waals surface area contributed by atoms with Gasteiger partial charge < -0.3 is 15.4 Å². The first-order chi connectivity index (χ1) is 14.8. The molecule has 9 nitrogen and oxygen atoms in total. The number of carbonyl (C=O) groups is 4. The fourth-order valence-corrected chi connectivity index (χ4v) is 3.03. The third-order valence-corrected chi connectivity index (χ3v) is 4.76. The predicted octanol–water partition coefficient (Wildman–Crippen LogP) is 2.45. The predicted molar refractivity (Wildman–Crippen MR) is 110 cm³/mol. The van der Waals surface area contributed by atoms with Gasteiger partial charge in [0.05, 0.1) is 29.2 Å². The third kappa shape index (κ3) is 5.18. The number of amides is 4. The molecule has 0 spiro atoms. The molecule has 10 heteroatoms. The first kappa shape index (κ1) is 21.8. The van der Waals surface area contributed by atoms with Crippen molar-refractivity contribution in [2.45, 2.75) is 19.6 Å². The number of hydrogen-bond donors (Lipinski definition) is 2. The molecule has 1 heterocycles. The minimum Gasteiger partial charge on any atom is -0.449 e. The Bertz CT molecular complexity index is 1100. The summed E-state index contributed by atoms with van der Waals surface area (Å²) in [4.78, 5) is 49.2. The fraction of sp³-hybridized carbons (Fsp3) is 0.190. The molecule has 0 radical (unpaired) electrons. The van der Waals surface area contributed by atoms with Crippen LogP contribution in [0.15, 0.2) is 42.5 Å². The number of halogens is 1. The molecule has 3 rings (SSSR count). The molecular weight excluding hydrogens is 424 g/mol. The lowest BCUT2D eigenvalue weighted by Crippen LogP contribution is -2.31. The molecule has 2 aromatic rings. The molecule has 4 amide bonds. The zero-order valence-electron chi connectivity index (χ0n) is 16.3. The Hall–Kier alpha value is -3.90. The lowest BCUT2D eigenvalue weighted by Gasteiger charge is -2.15. The summed E-state index contributed by atoms with van der Waals surface area (Å²) in [6.45, 7) is 1.37. The Balaban J connectivity index is 1.62. The average molecular weight is 441 g/mol. The van der Waals surface area contributed by atoms with Crippen LogP contribution in [0.2, 0.25) is 5.02 Å². The van der Waals surface area contributed by atoms with Crippen LogP contribution in [-0.4, -0.2) is 41.4 Å². The molecule has 1 unspecified atom stereocenters. The number of nitriles is 1. The Morgan fingerprint density at radius 1 is 1.29 bits per heavy atom. The van der Waals surface area contributed by atoms with Gasteiger partial charge in [-0.15, -0.1) is 0 Å². The van der Waals surface area contributed by atoms with E-state index in [1.54, 1.807) is 12.1 Å². The highest BCUT2D eigenvalue weighted by molar-refractivity contribution is 6.32. The summed E-state index contributed by atoms with van der Waals surface area (Å²) in [5, 5.41) is 14.1. The molecule has 2 aromatic carbocycles.